The van der Waals surface area contributed by atoms with Gasteiger partial charge in [-0.2, -0.15) is 0 Å². The molecule has 14 rings (SSSR count). The minimum absolute atomic E-state index is 0.195. The molecular weight excluding hydrogens is 747 g/mol. The topological polar surface area (TPSA) is 18.1 Å². The predicted octanol–water partition coefficient (Wildman–Crippen LogP) is 16.5. The van der Waals surface area contributed by atoms with Crippen LogP contribution in [-0.4, -0.2) is 4.57 Å². The number of fused-ring (bicyclic) bond motifs is 18. The molecule has 1 aliphatic rings. The number of hydrogen-bond acceptors (Lipinski definition) is 2. The highest BCUT2D eigenvalue weighted by molar-refractivity contribution is 7.25. The lowest BCUT2D eigenvalue weighted by Crippen LogP contribution is -2.15. The SMILES string of the molecule is CC1(C)c2cc3oc4ccccc4c3cc2-c2cc3c4ccccc4n(-c4ccc5sc6ccc(-c7ccc8c9ccccc9c9ccccc9c8c7)cc6c5c4)c3cc21. The lowest BCUT2D eigenvalue weighted by atomic mass is 9.82. The smallest absolute Gasteiger partial charge is 0.135 e. The van der Waals surface area contributed by atoms with Gasteiger partial charge < -0.3 is 8.98 Å². The molecule has 3 heteroatoms. The lowest BCUT2D eigenvalue weighted by molar-refractivity contribution is 0.647. The van der Waals surface area contributed by atoms with Crippen molar-refractivity contribution in [3.63, 3.8) is 0 Å². The second-order valence-corrected chi connectivity index (χ2v) is 18.3. The number of thiophene rings is 1. The van der Waals surface area contributed by atoms with Crippen molar-refractivity contribution in [2.45, 2.75) is 19.3 Å². The van der Waals surface area contributed by atoms with Crippen LogP contribution in [0.5, 0.6) is 0 Å². The molecule has 0 spiro atoms. The summed E-state index contributed by atoms with van der Waals surface area (Å²) in [7, 11) is 0. The van der Waals surface area contributed by atoms with Crippen LogP contribution in [0.15, 0.2) is 180 Å². The van der Waals surface area contributed by atoms with Gasteiger partial charge in [0.15, 0.2) is 0 Å². The van der Waals surface area contributed by atoms with Gasteiger partial charge in [-0.15, -0.1) is 11.3 Å². The van der Waals surface area contributed by atoms with E-state index in [2.05, 4.69) is 194 Å². The fourth-order valence-electron chi connectivity index (χ4n) is 10.9. The number of para-hydroxylation sites is 2. The van der Waals surface area contributed by atoms with Crippen molar-refractivity contribution in [3.05, 3.63) is 187 Å². The molecule has 0 amide bonds. The Morgan fingerprint density at radius 3 is 1.68 bits per heavy atom. The fourth-order valence-corrected chi connectivity index (χ4v) is 11.9. The normalized spacial score (nSPS) is 13.6. The quantitative estimate of drug-likeness (QED) is 0.160. The van der Waals surface area contributed by atoms with E-state index in [0.717, 1.165) is 11.2 Å². The van der Waals surface area contributed by atoms with Crippen LogP contribution in [0, 0.1) is 0 Å². The average molecular weight is 782 g/mol. The number of hydrogen-bond donors (Lipinski definition) is 0. The highest BCUT2D eigenvalue weighted by Gasteiger charge is 2.37. The molecular formula is C57H35NOS. The van der Waals surface area contributed by atoms with Gasteiger partial charge in [-0.25, -0.2) is 0 Å². The third-order valence-electron chi connectivity index (χ3n) is 13.8. The Morgan fingerprint density at radius 1 is 0.383 bits per heavy atom. The molecule has 0 unspecified atom stereocenters. The molecule has 60 heavy (non-hydrogen) atoms. The van der Waals surface area contributed by atoms with Gasteiger partial charge in [0, 0.05) is 52.8 Å². The zero-order valence-electron chi connectivity index (χ0n) is 33.0. The molecule has 0 saturated carbocycles. The Morgan fingerprint density at radius 2 is 0.933 bits per heavy atom. The second kappa shape index (κ2) is 11.5. The molecule has 3 aromatic heterocycles. The summed E-state index contributed by atoms with van der Waals surface area (Å²) in [6.45, 7) is 4.73. The number of aromatic nitrogens is 1. The van der Waals surface area contributed by atoms with Gasteiger partial charge >= 0.3 is 0 Å². The molecule has 2 nitrogen and oxygen atoms in total. The van der Waals surface area contributed by atoms with Crippen LogP contribution in [0.25, 0.3) is 124 Å². The minimum Gasteiger partial charge on any atom is -0.456 e. The molecule has 1 aliphatic carbocycles. The maximum absolute atomic E-state index is 6.40. The van der Waals surface area contributed by atoms with Crippen molar-refractivity contribution < 1.29 is 4.42 Å². The van der Waals surface area contributed by atoms with Crippen LogP contribution in [0.3, 0.4) is 0 Å². The largest absolute Gasteiger partial charge is 0.456 e. The molecule has 0 fully saturated rings. The number of rotatable bonds is 2. The Balaban J connectivity index is 0.954. The van der Waals surface area contributed by atoms with Crippen molar-refractivity contribution in [2.75, 3.05) is 0 Å². The van der Waals surface area contributed by atoms with E-state index in [1.807, 2.05) is 11.3 Å². The van der Waals surface area contributed by atoms with Crippen LogP contribution < -0.4 is 0 Å². The zero-order valence-corrected chi connectivity index (χ0v) is 33.8. The summed E-state index contributed by atoms with van der Waals surface area (Å²) in [6, 6.07) is 65.7. The first-order valence-corrected chi connectivity index (χ1v) is 21.6. The molecule has 0 atom stereocenters. The van der Waals surface area contributed by atoms with Crippen molar-refractivity contribution in [1.82, 2.24) is 4.57 Å². The van der Waals surface area contributed by atoms with Gasteiger partial charge in [0.1, 0.15) is 11.2 Å². The summed E-state index contributed by atoms with van der Waals surface area (Å²) < 4.78 is 11.5. The molecule has 13 aromatic rings. The Labute approximate surface area is 349 Å². The van der Waals surface area contributed by atoms with Crippen LogP contribution in [0.2, 0.25) is 0 Å². The fraction of sp³-hybridized carbons (Fsp3) is 0.0526. The number of benzene rings is 10. The summed E-state index contributed by atoms with van der Waals surface area (Å²) in [6.07, 6.45) is 0. The monoisotopic (exact) mass is 781 g/mol. The molecule has 3 heterocycles. The molecule has 0 saturated heterocycles. The summed E-state index contributed by atoms with van der Waals surface area (Å²) >= 11 is 1.88. The van der Waals surface area contributed by atoms with E-state index in [9.17, 15) is 0 Å². The summed E-state index contributed by atoms with van der Waals surface area (Å²) in [4.78, 5) is 0. The van der Waals surface area contributed by atoms with Gasteiger partial charge in [-0.05, 0) is 138 Å². The van der Waals surface area contributed by atoms with Crippen LogP contribution in [0.1, 0.15) is 25.0 Å². The van der Waals surface area contributed by atoms with E-state index in [0.29, 0.717) is 0 Å². The summed E-state index contributed by atoms with van der Waals surface area (Å²) in [5.41, 5.74) is 13.1. The average Bonchev–Trinajstić information content (AvgIpc) is 4.01. The van der Waals surface area contributed by atoms with Crippen molar-refractivity contribution >= 4 is 108 Å². The van der Waals surface area contributed by atoms with Crippen LogP contribution in [0.4, 0.5) is 0 Å². The standard InChI is InChI=1S/C57H35NOS/c1-57(2)49-30-52-45(28-43(49)44-29-46-41-16-8-10-18-53(41)59-54(46)31-50(44)57)40-15-7-9-17-51(40)58(52)34-21-24-56-48(27-34)47-26-33(20-23-55(47)60-56)32-19-22-39-37-13-4-3-11-35(37)36-12-5-6-14-38(36)42(39)25-32/h3-31H,1-2H3. The first kappa shape index (κ1) is 32.7. The van der Waals surface area contributed by atoms with Crippen molar-refractivity contribution in [3.8, 4) is 27.9 Å². The van der Waals surface area contributed by atoms with E-state index in [1.54, 1.807) is 0 Å². The molecule has 10 aromatic carbocycles. The van der Waals surface area contributed by atoms with Crippen LogP contribution >= 0.6 is 11.3 Å². The maximum Gasteiger partial charge on any atom is 0.135 e. The van der Waals surface area contributed by atoms with E-state index in [4.69, 9.17) is 4.42 Å². The van der Waals surface area contributed by atoms with Crippen molar-refractivity contribution in [2.24, 2.45) is 0 Å². The number of nitrogens with zero attached hydrogens (tertiary/aromatic N) is 1. The van der Waals surface area contributed by atoms with E-state index >= 15 is 0 Å². The molecule has 0 bridgehead atoms. The minimum atomic E-state index is -0.195. The van der Waals surface area contributed by atoms with Gasteiger partial charge in [0.2, 0.25) is 0 Å². The molecule has 0 aliphatic heterocycles. The number of furan rings is 1. The highest BCUT2D eigenvalue weighted by Crippen LogP contribution is 2.53. The first-order chi connectivity index (χ1) is 29.5. The molecule has 280 valence electrons. The molecule has 0 N–H and O–H groups in total. The second-order valence-electron chi connectivity index (χ2n) is 17.2. The maximum atomic E-state index is 6.40. The van der Waals surface area contributed by atoms with Gasteiger partial charge in [0.05, 0.1) is 11.0 Å². The first-order valence-electron chi connectivity index (χ1n) is 20.8. The third-order valence-corrected chi connectivity index (χ3v) is 14.9. The summed E-state index contributed by atoms with van der Waals surface area (Å²) in [5.74, 6) is 0. The Kier molecular flexibility index (Phi) is 6.27. The van der Waals surface area contributed by atoms with Crippen molar-refractivity contribution in [1.29, 1.82) is 0 Å². The van der Waals surface area contributed by atoms with E-state index in [1.165, 1.54) is 124 Å². The highest BCUT2D eigenvalue weighted by atomic mass is 32.1. The zero-order chi connectivity index (χ0) is 39.4. The predicted molar refractivity (Wildman–Crippen MR) is 256 cm³/mol. The Bertz CT molecular complexity index is 4010. The molecule has 0 radical (unpaired) electrons. The van der Waals surface area contributed by atoms with Gasteiger partial charge in [-0.3, -0.25) is 0 Å². The van der Waals surface area contributed by atoms with Gasteiger partial charge in [0.25, 0.3) is 0 Å². The summed E-state index contributed by atoms with van der Waals surface area (Å²) in [5, 5.41) is 15.3. The third kappa shape index (κ3) is 4.27. The van der Waals surface area contributed by atoms with Crippen LogP contribution in [-0.2, 0) is 5.41 Å². The van der Waals surface area contributed by atoms with Gasteiger partial charge in [-0.1, -0.05) is 117 Å². The van der Waals surface area contributed by atoms with E-state index < -0.39 is 0 Å². The Hall–Kier alpha value is -7.20. The lowest BCUT2D eigenvalue weighted by Gasteiger charge is -2.21. The van der Waals surface area contributed by atoms with E-state index in [-0.39, 0.29) is 5.41 Å².